The summed E-state index contributed by atoms with van der Waals surface area (Å²) in [5.74, 6) is 1.73. The first-order valence-electron chi connectivity index (χ1n) is 8.09. The maximum atomic E-state index is 8.77. The van der Waals surface area contributed by atoms with Crippen molar-refractivity contribution in [1.29, 1.82) is 5.26 Å². The first kappa shape index (κ1) is 16.2. The zero-order valence-corrected chi connectivity index (χ0v) is 13.9. The molecule has 0 spiro atoms. The average molecular weight is 323 g/mol. The summed E-state index contributed by atoms with van der Waals surface area (Å²) in [7, 11) is 0. The molecule has 2 aromatic rings. The second-order valence-corrected chi connectivity index (χ2v) is 6.08. The summed E-state index contributed by atoms with van der Waals surface area (Å²) in [6.07, 6.45) is 3.89. The van der Waals surface area contributed by atoms with Gasteiger partial charge in [-0.3, -0.25) is 0 Å². The Bertz CT molecular complexity index is 698. The van der Waals surface area contributed by atoms with Gasteiger partial charge < -0.3 is 15.0 Å². The Hall–Kier alpha value is -2.65. The average Bonchev–Trinajstić information content (AvgIpc) is 2.60. The molecule has 0 amide bonds. The normalized spacial score (nSPS) is 20.5. The summed E-state index contributed by atoms with van der Waals surface area (Å²) < 4.78 is 5.76. The van der Waals surface area contributed by atoms with Crippen molar-refractivity contribution in [3.63, 3.8) is 0 Å². The molecular formula is C18H21N5O. The van der Waals surface area contributed by atoms with Gasteiger partial charge in [-0.2, -0.15) is 5.26 Å². The summed E-state index contributed by atoms with van der Waals surface area (Å²) in [6, 6.07) is 9.73. The molecule has 0 radical (unpaired) electrons. The van der Waals surface area contributed by atoms with Crippen molar-refractivity contribution >= 4 is 11.6 Å². The summed E-state index contributed by atoms with van der Waals surface area (Å²) in [6.45, 7) is 6.55. The molecule has 1 saturated heterocycles. The maximum absolute atomic E-state index is 8.77. The quantitative estimate of drug-likeness (QED) is 0.932. The fourth-order valence-corrected chi connectivity index (χ4v) is 2.83. The van der Waals surface area contributed by atoms with Crippen molar-refractivity contribution in [3.05, 3.63) is 47.8 Å². The summed E-state index contributed by atoms with van der Waals surface area (Å²) in [5.41, 5.74) is 1.64. The van der Waals surface area contributed by atoms with E-state index in [1.165, 1.54) is 0 Å². The second-order valence-electron chi connectivity index (χ2n) is 6.08. The Kier molecular flexibility index (Phi) is 4.92. The Balaban J connectivity index is 1.59. The number of nitrogens with zero attached hydrogens (tertiary/aromatic N) is 4. The maximum Gasteiger partial charge on any atom is 0.128 e. The second kappa shape index (κ2) is 7.28. The Labute approximate surface area is 142 Å². The Morgan fingerprint density at radius 2 is 1.96 bits per heavy atom. The topological polar surface area (TPSA) is 74.1 Å². The molecule has 1 aliphatic rings. The van der Waals surface area contributed by atoms with Gasteiger partial charge in [0.1, 0.15) is 17.7 Å². The standard InChI is InChI=1S/C18H21N5O/c1-13-11-23(12-14(2)24-13)18-6-4-16(10-22-18)9-21-17-5-3-15(7-19)8-20-17/h3-6,8,10,13-14H,9,11-12H2,1-2H3,(H,20,21)/t13-,14-/m0/s1. The van der Waals surface area contributed by atoms with E-state index in [1.807, 2.05) is 12.3 Å². The van der Waals surface area contributed by atoms with E-state index in [2.05, 4.69) is 46.2 Å². The van der Waals surface area contributed by atoms with Gasteiger partial charge in [0, 0.05) is 32.0 Å². The zero-order chi connectivity index (χ0) is 16.9. The van der Waals surface area contributed by atoms with E-state index in [-0.39, 0.29) is 12.2 Å². The van der Waals surface area contributed by atoms with E-state index in [4.69, 9.17) is 10.00 Å². The highest BCUT2D eigenvalue weighted by molar-refractivity contribution is 5.42. The third-order valence-corrected chi connectivity index (χ3v) is 3.92. The van der Waals surface area contributed by atoms with Gasteiger partial charge in [0.25, 0.3) is 0 Å². The van der Waals surface area contributed by atoms with E-state index in [9.17, 15) is 0 Å². The van der Waals surface area contributed by atoms with Crippen LogP contribution in [0.2, 0.25) is 0 Å². The van der Waals surface area contributed by atoms with Gasteiger partial charge in [0.2, 0.25) is 0 Å². The largest absolute Gasteiger partial charge is 0.372 e. The number of pyridine rings is 2. The predicted octanol–water partition coefficient (Wildman–Crippen LogP) is 2.57. The molecule has 0 saturated carbocycles. The summed E-state index contributed by atoms with van der Waals surface area (Å²) in [5, 5.41) is 12.0. The van der Waals surface area contributed by atoms with Crippen LogP contribution >= 0.6 is 0 Å². The van der Waals surface area contributed by atoms with Gasteiger partial charge in [-0.05, 0) is 37.6 Å². The summed E-state index contributed by atoms with van der Waals surface area (Å²) >= 11 is 0. The lowest BCUT2D eigenvalue weighted by Gasteiger charge is -2.36. The molecule has 0 aliphatic carbocycles. The van der Waals surface area contributed by atoms with Crippen LogP contribution in [0.1, 0.15) is 25.0 Å². The number of nitrogens with one attached hydrogen (secondary N) is 1. The van der Waals surface area contributed by atoms with Crippen molar-refractivity contribution in [1.82, 2.24) is 9.97 Å². The molecule has 3 rings (SSSR count). The van der Waals surface area contributed by atoms with Crippen LogP contribution in [0.25, 0.3) is 0 Å². The Morgan fingerprint density at radius 1 is 1.17 bits per heavy atom. The fraction of sp³-hybridized carbons (Fsp3) is 0.389. The number of hydrogen-bond donors (Lipinski definition) is 1. The molecule has 124 valence electrons. The van der Waals surface area contributed by atoms with Crippen LogP contribution in [0, 0.1) is 11.3 Å². The number of nitriles is 1. The number of rotatable bonds is 4. The van der Waals surface area contributed by atoms with E-state index in [0.717, 1.165) is 30.3 Å². The lowest BCUT2D eigenvalue weighted by molar-refractivity contribution is -0.00545. The van der Waals surface area contributed by atoms with Crippen LogP contribution in [-0.2, 0) is 11.3 Å². The van der Waals surface area contributed by atoms with Gasteiger partial charge in [-0.25, -0.2) is 9.97 Å². The highest BCUT2D eigenvalue weighted by atomic mass is 16.5. The minimum absolute atomic E-state index is 0.222. The minimum Gasteiger partial charge on any atom is -0.372 e. The van der Waals surface area contributed by atoms with Crippen molar-refractivity contribution in [2.24, 2.45) is 0 Å². The van der Waals surface area contributed by atoms with Crippen molar-refractivity contribution in [2.45, 2.75) is 32.6 Å². The molecule has 1 aliphatic heterocycles. The number of morpholine rings is 1. The molecule has 2 atom stereocenters. The third-order valence-electron chi connectivity index (χ3n) is 3.92. The first-order chi connectivity index (χ1) is 11.6. The smallest absolute Gasteiger partial charge is 0.128 e. The first-order valence-corrected chi connectivity index (χ1v) is 8.09. The molecule has 0 unspecified atom stereocenters. The van der Waals surface area contributed by atoms with Gasteiger partial charge in [0.15, 0.2) is 0 Å². The minimum atomic E-state index is 0.222. The molecule has 6 nitrogen and oxygen atoms in total. The fourth-order valence-electron chi connectivity index (χ4n) is 2.83. The monoisotopic (exact) mass is 323 g/mol. The highest BCUT2D eigenvalue weighted by Crippen LogP contribution is 2.18. The third kappa shape index (κ3) is 4.00. The van der Waals surface area contributed by atoms with Crippen LogP contribution in [-0.4, -0.2) is 35.3 Å². The molecule has 24 heavy (non-hydrogen) atoms. The molecule has 0 bridgehead atoms. The molecular weight excluding hydrogens is 302 g/mol. The molecule has 3 heterocycles. The van der Waals surface area contributed by atoms with Gasteiger partial charge in [0.05, 0.1) is 17.8 Å². The van der Waals surface area contributed by atoms with E-state index < -0.39 is 0 Å². The number of aromatic nitrogens is 2. The van der Waals surface area contributed by atoms with Crippen molar-refractivity contribution < 1.29 is 4.74 Å². The van der Waals surface area contributed by atoms with Gasteiger partial charge >= 0.3 is 0 Å². The molecule has 1 N–H and O–H groups in total. The SMILES string of the molecule is C[C@H]1CN(c2ccc(CNc3ccc(C#N)cn3)cn2)C[C@H](C)O1. The van der Waals surface area contributed by atoms with E-state index in [0.29, 0.717) is 12.1 Å². The van der Waals surface area contributed by atoms with E-state index in [1.54, 1.807) is 18.3 Å². The van der Waals surface area contributed by atoms with Gasteiger partial charge in [-0.15, -0.1) is 0 Å². The number of anilines is 2. The molecule has 0 aromatic carbocycles. The predicted molar refractivity (Wildman–Crippen MR) is 92.7 cm³/mol. The lowest BCUT2D eigenvalue weighted by Crippen LogP contribution is -2.45. The van der Waals surface area contributed by atoms with Crippen LogP contribution in [0.5, 0.6) is 0 Å². The number of ether oxygens (including phenoxy) is 1. The Morgan fingerprint density at radius 3 is 2.54 bits per heavy atom. The van der Waals surface area contributed by atoms with Crippen LogP contribution in [0.3, 0.4) is 0 Å². The molecule has 1 fully saturated rings. The molecule has 2 aromatic heterocycles. The zero-order valence-electron chi connectivity index (χ0n) is 13.9. The van der Waals surface area contributed by atoms with Crippen LogP contribution < -0.4 is 10.2 Å². The molecule has 6 heteroatoms. The van der Waals surface area contributed by atoms with Crippen LogP contribution in [0.15, 0.2) is 36.7 Å². The van der Waals surface area contributed by atoms with Crippen molar-refractivity contribution in [3.8, 4) is 6.07 Å². The van der Waals surface area contributed by atoms with Crippen molar-refractivity contribution in [2.75, 3.05) is 23.3 Å². The highest BCUT2D eigenvalue weighted by Gasteiger charge is 2.22. The summed E-state index contributed by atoms with van der Waals surface area (Å²) in [4.78, 5) is 11.0. The van der Waals surface area contributed by atoms with Crippen LogP contribution in [0.4, 0.5) is 11.6 Å². The number of hydrogen-bond acceptors (Lipinski definition) is 6. The lowest BCUT2D eigenvalue weighted by atomic mass is 10.2. The van der Waals surface area contributed by atoms with Gasteiger partial charge in [-0.1, -0.05) is 6.07 Å². The van der Waals surface area contributed by atoms with E-state index >= 15 is 0 Å².